The molecule has 0 aliphatic heterocycles. The number of nitrogens with zero attached hydrogens (tertiary/aromatic N) is 3. The molecular weight excluding hydrogens is 370 g/mol. The molecule has 0 unspecified atom stereocenters. The van der Waals surface area contributed by atoms with Crippen LogP contribution in [0.5, 0.6) is 11.5 Å². The van der Waals surface area contributed by atoms with E-state index in [1.54, 1.807) is 24.3 Å². The summed E-state index contributed by atoms with van der Waals surface area (Å²) >= 11 is 0. The molecule has 0 saturated carbocycles. The normalized spacial score (nSPS) is 11.5. The van der Waals surface area contributed by atoms with Gasteiger partial charge in [-0.25, -0.2) is 14.5 Å². The molecule has 0 saturated heterocycles. The lowest BCUT2D eigenvalue weighted by Gasteiger charge is -2.21. The number of carboxylic acids is 1. The molecule has 0 bridgehead atoms. The van der Waals surface area contributed by atoms with Gasteiger partial charge in [-0.3, -0.25) is 0 Å². The molecule has 3 rings (SSSR count). The Bertz CT molecular complexity index is 963. The summed E-state index contributed by atoms with van der Waals surface area (Å²) in [6.07, 6.45) is 0. The maximum atomic E-state index is 11.2. The molecule has 0 atom stereocenters. The van der Waals surface area contributed by atoms with E-state index in [-0.39, 0.29) is 12.6 Å². The van der Waals surface area contributed by atoms with E-state index in [4.69, 9.17) is 14.6 Å². The van der Waals surface area contributed by atoms with Crippen molar-refractivity contribution in [3.8, 4) is 22.9 Å². The van der Waals surface area contributed by atoms with E-state index in [2.05, 4.69) is 10.1 Å². The van der Waals surface area contributed by atoms with Crippen molar-refractivity contribution < 1.29 is 19.4 Å². The molecule has 1 heterocycles. The van der Waals surface area contributed by atoms with Gasteiger partial charge in [0.15, 0.2) is 17.2 Å². The summed E-state index contributed by atoms with van der Waals surface area (Å²) in [5.74, 6) is 1.45. The van der Waals surface area contributed by atoms with Crippen LogP contribution in [-0.2, 0) is 11.4 Å². The highest BCUT2D eigenvalue weighted by Crippen LogP contribution is 2.23. The molecular formula is C22H25N3O4. The Hall–Kier alpha value is -3.35. The molecule has 0 aliphatic carbocycles. The number of aromatic nitrogens is 3. The predicted molar refractivity (Wildman–Crippen MR) is 109 cm³/mol. The second-order valence-electron chi connectivity index (χ2n) is 7.43. The summed E-state index contributed by atoms with van der Waals surface area (Å²) in [5.41, 5.74) is -0.347. The van der Waals surface area contributed by atoms with Gasteiger partial charge in [-0.1, -0.05) is 30.3 Å². The van der Waals surface area contributed by atoms with Gasteiger partial charge in [-0.05, 0) is 52.0 Å². The molecule has 7 heteroatoms. The van der Waals surface area contributed by atoms with E-state index in [0.29, 0.717) is 17.3 Å². The first-order chi connectivity index (χ1) is 13.8. The molecule has 1 aromatic heterocycles. The third-order valence-corrected chi connectivity index (χ3v) is 4.30. The lowest BCUT2D eigenvalue weighted by atomic mass is 10.1. The molecule has 29 heavy (non-hydrogen) atoms. The Morgan fingerprint density at radius 3 is 2.28 bits per heavy atom. The van der Waals surface area contributed by atoms with Crippen LogP contribution in [-0.4, -0.2) is 31.4 Å². The molecule has 0 fully saturated rings. The summed E-state index contributed by atoms with van der Waals surface area (Å²) < 4.78 is 13.2. The Morgan fingerprint density at radius 1 is 1.07 bits per heavy atom. The summed E-state index contributed by atoms with van der Waals surface area (Å²) in [6.45, 7) is 7.36. The third-order valence-electron chi connectivity index (χ3n) is 4.30. The highest BCUT2D eigenvalue weighted by atomic mass is 16.5. The average Bonchev–Trinajstić information content (AvgIpc) is 3.12. The number of rotatable bonds is 8. The summed E-state index contributed by atoms with van der Waals surface area (Å²) in [4.78, 5) is 15.8. The molecule has 0 aliphatic rings. The minimum absolute atomic E-state index is 0.146. The number of hydrogen-bond donors (Lipinski definition) is 1. The van der Waals surface area contributed by atoms with E-state index >= 15 is 0 Å². The van der Waals surface area contributed by atoms with Gasteiger partial charge in [0.25, 0.3) is 0 Å². The van der Waals surface area contributed by atoms with E-state index < -0.39 is 11.6 Å². The average molecular weight is 395 g/mol. The Kier molecular flexibility index (Phi) is 5.87. The van der Waals surface area contributed by atoms with Gasteiger partial charge in [0.05, 0.1) is 0 Å². The largest absolute Gasteiger partial charge is 0.486 e. The summed E-state index contributed by atoms with van der Waals surface area (Å²) in [5, 5.41) is 13.8. The zero-order chi connectivity index (χ0) is 21.0. The van der Waals surface area contributed by atoms with Crippen molar-refractivity contribution >= 4 is 5.97 Å². The first kappa shape index (κ1) is 20.4. The third kappa shape index (κ3) is 4.93. The fourth-order valence-corrected chi connectivity index (χ4v) is 2.67. The highest BCUT2D eigenvalue weighted by molar-refractivity contribution is 5.76. The zero-order valence-electron chi connectivity index (χ0n) is 17.0. The standard InChI is InChI=1S/C22H25N3O4/c1-15(2)25-19(23-20(24-25)16-8-6-5-7-9-16)14-28-17-10-12-18(13-11-17)29-22(3,4)21(26)27/h5-13,15H,14H2,1-4H3,(H,26,27). The monoisotopic (exact) mass is 395 g/mol. The van der Waals surface area contributed by atoms with Gasteiger partial charge in [0.1, 0.15) is 18.1 Å². The van der Waals surface area contributed by atoms with Crippen LogP contribution in [0.3, 0.4) is 0 Å². The van der Waals surface area contributed by atoms with E-state index in [1.807, 2.05) is 48.9 Å². The fourth-order valence-electron chi connectivity index (χ4n) is 2.67. The second-order valence-corrected chi connectivity index (χ2v) is 7.43. The molecule has 7 nitrogen and oxygen atoms in total. The van der Waals surface area contributed by atoms with E-state index in [1.165, 1.54) is 13.8 Å². The first-order valence-electron chi connectivity index (χ1n) is 9.42. The van der Waals surface area contributed by atoms with Gasteiger partial charge >= 0.3 is 5.97 Å². The second kappa shape index (κ2) is 8.34. The van der Waals surface area contributed by atoms with Crippen LogP contribution in [0.4, 0.5) is 0 Å². The van der Waals surface area contributed by atoms with Crippen molar-refractivity contribution in [3.05, 3.63) is 60.4 Å². The van der Waals surface area contributed by atoms with E-state index in [0.717, 1.165) is 11.4 Å². The van der Waals surface area contributed by atoms with Gasteiger partial charge in [-0.2, -0.15) is 5.10 Å². The van der Waals surface area contributed by atoms with Crippen molar-refractivity contribution in [3.63, 3.8) is 0 Å². The first-order valence-corrected chi connectivity index (χ1v) is 9.42. The molecule has 1 N–H and O–H groups in total. The topological polar surface area (TPSA) is 86.5 Å². The number of benzene rings is 2. The number of aliphatic carboxylic acids is 1. The molecule has 3 aromatic rings. The lowest BCUT2D eigenvalue weighted by Crippen LogP contribution is -2.37. The molecule has 0 spiro atoms. The van der Waals surface area contributed by atoms with Crippen LogP contribution in [0.15, 0.2) is 54.6 Å². The maximum absolute atomic E-state index is 11.2. The lowest BCUT2D eigenvalue weighted by molar-refractivity contribution is -0.152. The van der Waals surface area contributed by atoms with Gasteiger partial charge in [0.2, 0.25) is 0 Å². The van der Waals surface area contributed by atoms with Crippen LogP contribution in [0.25, 0.3) is 11.4 Å². The number of hydrogen-bond acceptors (Lipinski definition) is 5. The van der Waals surface area contributed by atoms with Gasteiger partial charge in [-0.15, -0.1) is 0 Å². The predicted octanol–water partition coefficient (Wildman–Crippen LogP) is 4.35. The number of ether oxygens (including phenoxy) is 2. The van der Waals surface area contributed by atoms with Crippen molar-refractivity contribution in [2.45, 2.75) is 45.9 Å². The number of carbonyl (C=O) groups is 1. The molecule has 0 amide bonds. The quantitative estimate of drug-likeness (QED) is 0.610. The van der Waals surface area contributed by atoms with Crippen molar-refractivity contribution in [2.24, 2.45) is 0 Å². The van der Waals surface area contributed by atoms with Gasteiger partial charge < -0.3 is 14.6 Å². The van der Waals surface area contributed by atoms with Crippen LogP contribution < -0.4 is 9.47 Å². The van der Waals surface area contributed by atoms with Crippen molar-refractivity contribution in [1.29, 1.82) is 0 Å². The summed E-state index contributed by atoms with van der Waals surface area (Å²) in [6, 6.07) is 16.8. The van der Waals surface area contributed by atoms with Crippen LogP contribution >= 0.6 is 0 Å². The fraction of sp³-hybridized carbons (Fsp3) is 0.318. The number of carboxylic acid groups (broad SMARTS) is 1. The molecule has 0 radical (unpaired) electrons. The minimum atomic E-state index is -1.30. The Balaban J connectivity index is 1.71. The highest BCUT2D eigenvalue weighted by Gasteiger charge is 2.29. The minimum Gasteiger partial charge on any atom is -0.486 e. The van der Waals surface area contributed by atoms with Crippen molar-refractivity contribution in [2.75, 3.05) is 0 Å². The molecule has 152 valence electrons. The maximum Gasteiger partial charge on any atom is 0.347 e. The summed E-state index contributed by atoms with van der Waals surface area (Å²) in [7, 11) is 0. The Labute approximate surface area is 169 Å². The van der Waals surface area contributed by atoms with Crippen LogP contribution in [0.1, 0.15) is 39.6 Å². The molecule has 2 aromatic carbocycles. The zero-order valence-corrected chi connectivity index (χ0v) is 17.0. The smallest absolute Gasteiger partial charge is 0.347 e. The Morgan fingerprint density at radius 2 is 1.69 bits per heavy atom. The van der Waals surface area contributed by atoms with Crippen LogP contribution in [0, 0.1) is 0 Å². The van der Waals surface area contributed by atoms with E-state index in [9.17, 15) is 4.79 Å². The SMILES string of the molecule is CC(C)n1nc(-c2ccccc2)nc1COc1ccc(OC(C)(C)C(=O)O)cc1. The van der Waals surface area contributed by atoms with Crippen LogP contribution in [0.2, 0.25) is 0 Å². The van der Waals surface area contributed by atoms with Gasteiger partial charge in [0, 0.05) is 11.6 Å². The van der Waals surface area contributed by atoms with Crippen molar-refractivity contribution in [1.82, 2.24) is 14.8 Å².